The molecule has 2 fully saturated rings. The summed E-state index contributed by atoms with van der Waals surface area (Å²) in [6.07, 6.45) is 12.9. The molecule has 2 amide bonds. The van der Waals surface area contributed by atoms with Crippen LogP contribution in [0.3, 0.4) is 0 Å². The van der Waals surface area contributed by atoms with E-state index in [1.807, 2.05) is 61.6 Å². The fraction of sp³-hybridized carbons (Fsp3) is 0.581. The average molecular weight is 537 g/mol. The number of benzene rings is 1. The Balaban J connectivity index is 1.65. The molecule has 0 radical (unpaired) electrons. The number of rotatable bonds is 7. The first kappa shape index (κ1) is 27.6. The van der Waals surface area contributed by atoms with Gasteiger partial charge in [0.25, 0.3) is 0 Å². The Morgan fingerprint density at radius 3 is 2.56 bits per heavy atom. The van der Waals surface area contributed by atoms with Crippen LogP contribution in [0, 0.1) is 11.8 Å². The normalized spacial score (nSPS) is 34.1. The van der Waals surface area contributed by atoms with E-state index in [2.05, 4.69) is 6.92 Å². The maximum Gasteiger partial charge on any atom is 0.313 e. The van der Waals surface area contributed by atoms with E-state index in [1.54, 1.807) is 4.90 Å². The number of hydrogen-bond acceptors (Lipinski definition) is 6. The summed E-state index contributed by atoms with van der Waals surface area (Å²) in [6, 6.07) is 7.46. The quantitative estimate of drug-likeness (QED) is 0.325. The Morgan fingerprint density at radius 2 is 1.82 bits per heavy atom. The lowest BCUT2D eigenvalue weighted by Gasteiger charge is -2.40. The summed E-state index contributed by atoms with van der Waals surface area (Å²) in [7, 11) is 0. The molecule has 0 bridgehead atoms. The molecule has 39 heavy (non-hydrogen) atoms. The van der Waals surface area contributed by atoms with E-state index in [1.165, 1.54) is 4.90 Å². The summed E-state index contributed by atoms with van der Waals surface area (Å²) < 4.78 is 12.5. The van der Waals surface area contributed by atoms with E-state index in [0.717, 1.165) is 44.1 Å². The van der Waals surface area contributed by atoms with Gasteiger partial charge in [0, 0.05) is 13.1 Å². The van der Waals surface area contributed by atoms with E-state index in [-0.39, 0.29) is 25.0 Å². The number of fused-ring (bicyclic) bond motifs is 2. The van der Waals surface area contributed by atoms with Crippen LogP contribution in [0.1, 0.15) is 64.0 Å². The standard InChI is InChI=1S/C31H40N2O6/c1-3-4-11-18-32-19-13-17-31-24(25-29(37)38-20-12-6-5-10-16-30(25,2)39-31)27(35)33(26(31)28(32)36)23(21-34)22-14-8-7-9-15-22/h7-10,13-17,23-26,34H,3-6,11-12,18-21H2,1-2H3/b16-10-/t23-,24+,25+,26?,30-,31+/m1/s1. The Bertz CT molecular complexity index is 1140. The molecular weight excluding hydrogens is 496 g/mol. The fourth-order valence-corrected chi connectivity index (χ4v) is 6.90. The second-order valence-electron chi connectivity index (χ2n) is 11.3. The summed E-state index contributed by atoms with van der Waals surface area (Å²) in [4.78, 5) is 45.8. The summed E-state index contributed by atoms with van der Waals surface area (Å²) in [5.74, 6) is -2.95. The molecule has 1 spiro atoms. The molecule has 0 aliphatic carbocycles. The zero-order valence-corrected chi connectivity index (χ0v) is 23.0. The highest BCUT2D eigenvalue weighted by atomic mass is 16.6. The Labute approximate surface area is 230 Å². The molecule has 8 heteroatoms. The average Bonchev–Trinajstić information content (AvgIpc) is 3.26. The van der Waals surface area contributed by atoms with E-state index < -0.39 is 41.1 Å². The first-order valence-corrected chi connectivity index (χ1v) is 14.4. The van der Waals surface area contributed by atoms with Gasteiger partial charge >= 0.3 is 5.97 Å². The highest BCUT2D eigenvalue weighted by Gasteiger charge is 2.75. The molecule has 1 aromatic carbocycles. The molecule has 4 aliphatic rings. The molecule has 8 nitrogen and oxygen atoms in total. The van der Waals surface area contributed by atoms with E-state index >= 15 is 0 Å². The highest BCUT2D eigenvalue weighted by Crippen LogP contribution is 2.58. The van der Waals surface area contributed by atoms with Gasteiger partial charge in [-0.15, -0.1) is 0 Å². The number of aliphatic hydroxyl groups is 1. The summed E-state index contributed by atoms with van der Waals surface area (Å²) >= 11 is 0. The molecule has 210 valence electrons. The first-order chi connectivity index (χ1) is 18.9. The van der Waals surface area contributed by atoms with Gasteiger partial charge in [0.1, 0.15) is 17.6 Å². The number of hydrogen-bond donors (Lipinski definition) is 1. The molecular formula is C31H40N2O6. The van der Waals surface area contributed by atoms with Crippen molar-refractivity contribution in [3.8, 4) is 0 Å². The highest BCUT2D eigenvalue weighted by molar-refractivity contribution is 5.99. The molecule has 5 rings (SSSR count). The van der Waals surface area contributed by atoms with Crippen LogP contribution in [0.5, 0.6) is 0 Å². The Hall–Kier alpha value is -2.97. The minimum atomic E-state index is -1.37. The second-order valence-corrected chi connectivity index (χ2v) is 11.3. The van der Waals surface area contributed by atoms with Crippen LogP contribution in [0.15, 0.2) is 54.6 Å². The predicted octanol–water partition coefficient (Wildman–Crippen LogP) is 3.56. The minimum Gasteiger partial charge on any atom is -0.465 e. The summed E-state index contributed by atoms with van der Waals surface area (Å²) in [5, 5.41) is 10.6. The Morgan fingerprint density at radius 1 is 1.03 bits per heavy atom. The number of ether oxygens (including phenoxy) is 2. The number of carbonyl (C=O) groups is 3. The lowest BCUT2D eigenvalue weighted by molar-refractivity contribution is -0.161. The topological polar surface area (TPSA) is 96.4 Å². The van der Waals surface area contributed by atoms with Crippen LogP contribution in [-0.2, 0) is 23.9 Å². The van der Waals surface area contributed by atoms with Crippen molar-refractivity contribution in [1.29, 1.82) is 0 Å². The largest absolute Gasteiger partial charge is 0.465 e. The molecule has 1 aromatic rings. The lowest BCUT2D eigenvalue weighted by Crippen LogP contribution is -2.57. The molecule has 1 unspecified atom stereocenters. The molecule has 6 atom stereocenters. The van der Waals surface area contributed by atoms with Crippen molar-refractivity contribution in [3.63, 3.8) is 0 Å². The number of cyclic esters (lactones) is 1. The van der Waals surface area contributed by atoms with Gasteiger partial charge < -0.3 is 24.4 Å². The van der Waals surface area contributed by atoms with Gasteiger partial charge in [-0.25, -0.2) is 0 Å². The van der Waals surface area contributed by atoms with Crippen molar-refractivity contribution in [2.75, 3.05) is 26.3 Å². The summed E-state index contributed by atoms with van der Waals surface area (Å²) in [5.41, 5.74) is -1.77. The second kappa shape index (κ2) is 11.3. The number of esters is 1. The SMILES string of the molecule is CCCCCN1CC=C[C@]23O[C@]4(C)/C=C\CCCCOC(=O)[C@@H]4[C@H]2C(=O)N([C@H](CO)c2ccccc2)C3C1=O. The van der Waals surface area contributed by atoms with Crippen LogP contribution in [-0.4, -0.2) is 76.2 Å². The van der Waals surface area contributed by atoms with Crippen molar-refractivity contribution >= 4 is 17.8 Å². The third-order valence-electron chi connectivity index (χ3n) is 8.75. The van der Waals surface area contributed by atoms with Gasteiger partial charge in [0.05, 0.1) is 30.8 Å². The van der Waals surface area contributed by atoms with E-state index in [4.69, 9.17) is 9.47 Å². The number of likely N-dealkylation sites (tertiary alicyclic amines) is 1. The molecule has 2 saturated heterocycles. The third kappa shape index (κ3) is 4.72. The van der Waals surface area contributed by atoms with Crippen LogP contribution in [0.2, 0.25) is 0 Å². The predicted molar refractivity (Wildman–Crippen MR) is 145 cm³/mol. The maximum atomic E-state index is 14.5. The molecule has 1 N–H and O–H groups in total. The lowest BCUT2D eigenvalue weighted by atomic mass is 9.74. The molecule has 4 heterocycles. The molecule has 4 aliphatic heterocycles. The van der Waals surface area contributed by atoms with Crippen molar-refractivity contribution in [2.24, 2.45) is 11.8 Å². The zero-order valence-electron chi connectivity index (χ0n) is 23.0. The van der Waals surface area contributed by atoms with Crippen LogP contribution in [0.25, 0.3) is 0 Å². The number of aliphatic hydroxyl groups excluding tert-OH is 1. The van der Waals surface area contributed by atoms with E-state index in [0.29, 0.717) is 13.1 Å². The van der Waals surface area contributed by atoms with Crippen molar-refractivity contribution in [1.82, 2.24) is 9.80 Å². The van der Waals surface area contributed by atoms with Crippen molar-refractivity contribution < 1.29 is 29.0 Å². The smallest absolute Gasteiger partial charge is 0.313 e. The number of unbranched alkanes of at least 4 members (excludes halogenated alkanes) is 2. The molecule has 0 saturated carbocycles. The minimum absolute atomic E-state index is 0.217. The fourth-order valence-electron chi connectivity index (χ4n) is 6.90. The van der Waals surface area contributed by atoms with Gasteiger partial charge in [0.2, 0.25) is 11.8 Å². The third-order valence-corrected chi connectivity index (χ3v) is 8.75. The number of nitrogens with zero attached hydrogens (tertiary/aromatic N) is 2. The van der Waals surface area contributed by atoms with Gasteiger partial charge in [-0.1, -0.05) is 74.4 Å². The summed E-state index contributed by atoms with van der Waals surface area (Å²) in [6.45, 7) is 4.81. The maximum absolute atomic E-state index is 14.5. The van der Waals surface area contributed by atoms with Crippen molar-refractivity contribution in [2.45, 2.75) is 75.7 Å². The van der Waals surface area contributed by atoms with Gasteiger partial charge in [0.15, 0.2) is 0 Å². The van der Waals surface area contributed by atoms with Crippen molar-refractivity contribution in [3.05, 3.63) is 60.2 Å². The number of carbonyl (C=O) groups excluding carboxylic acids is 3. The van der Waals surface area contributed by atoms with Crippen LogP contribution >= 0.6 is 0 Å². The Kier molecular flexibility index (Phi) is 7.96. The van der Waals surface area contributed by atoms with Crippen LogP contribution < -0.4 is 0 Å². The van der Waals surface area contributed by atoms with E-state index in [9.17, 15) is 19.5 Å². The van der Waals surface area contributed by atoms with Gasteiger partial charge in [-0.3, -0.25) is 14.4 Å². The first-order valence-electron chi connectivity index (χ1n) is 14.4. The van der Waals surface area contributed by atoms with Gasteiger partial charge in [-0.2, -0.15) is 0 Å². The van der Waals surface area contributed by atoms with Gasteiger partial charge in [-0.05, 0) is 38.2 Å². The van der Waals surface area contributed by atoms with Crippen LogP contribution in [0.4, 0.5) is 0 Å². The molecule has 0 aromatic heterocycles. The monoisotopic (exact) mass is 536 g/mol. The number of allylic oxidation sites excluding steroid dienone is 1. The zero-order chi connectivity index (χ0) is 27.6. The number of amides is 2.